The number of allylic oxidation sites excluding steroid dienone is 1. The van der Waals surface area contributed by atoms with E-state index in [1.807, 2.05) is 10.4 Å². The predicted octanol–water partition coefficient (Wildman–Crippen LogP) is 1.57. The highest BCUT2D eigenvalue weighted by molar-refractivity contribution is 7.81. The van der Waals surface area contributed by atoms with Crippen molar-refractivity contribution in [3.63, 3.8) is 0 Å². The minimum absolute atomic E-state index is 0.763. The van der Waals surface area contributed by atoms with E-state index in [0.717, 1.165) is 25.4 Å². The lowest BCUT2D eigenvalue weighted by Gasteiger charge is -2.29. The van der Waals surface area contributed by atoms with Crippen LogP contribution in [0.3, 0.4) is 0 Å². The van der Waals surface area contributed by atoms with E-state index in [4.69, 9.17) is 0 Å². The molecule has 0 aromatic heterocycles. The first-order valence-corrected chi connectivity index (χ1v) is 5.95. The Morgan fingerprint density at radius 2 is 2.17 bits per heavy atom. The first kappa shape index (κ1) is 9.93. The summed E-state index contributed by atoms with van der Waals surface area (Å²) in [6.45, 7) is 5.71. The van der Waals surface area contributed by atoms with Crippen molar-refractivity contribution in [2.45, 2.75) is 19.3 Å². The molecule has 0 aromatic rings. The van der Waals surface area contributed by atoms with Gasteiger partial charge in [-0.3, -0.25) is 0 Å². The Hall–Kier alpha value is -0.150. The van der Waals surface area contributed by atoms with Gasteiger partial charge in [-0.1, -0.05) is 6.08 Å². The Balaban J connectivity index is 2.29. The lowest BCUT2D eigenvalue weighted by atomic mass is 9.95. The summed E-state index contributed by atoms with van der Waals surface area (Å²) in [6, 6.07) is 0. The van der Waals surface area contributed by atoms with E-state index in [1.165, 1.54) is 12.8 Å². The average molecular weight is 187 g/mol. The average Bonchev–Trinajstić information content (AvgIpc) is 2.06. The Morgan fingerprint density at radius 1 is 1.58 bits per heavy atom. The molecule has 0 aliphatic carbocycles. The van der Waals surface area contributed by atoms with Gasteiger partial charge in [0.15, 0.2) is 0 Å². The van der Waals surface area contributed by atoms with Gasteiger partial charge in [0, 0.05) is 19.3 Å². The number of hydrogen-bond acceptors (Lipinski definition) is 1. The largest absolute Gasteiger partial charge is 0.243 e. The van der Waals surface area contributed by atoms with Crippen LogP contribution in [0.1, 0.15) is 19.3 Å². The highest BCUT2D eigenvalue weighted by Crippen LogP contribution is 2.20. The number of rotatable bonds is 3. The van der Waals surface area contributed by atoms with Gasteiger partial charge in [-0.05, 0) is 25.2 Å². The standard InChI is InChI=1S/C9H17NOS/c1-3-4-9-5-7-10(8-6-9)12(2)11/h3,9H,1,4-8H2,2H3. The molecule has 2 nitrogen and oxygen atoms in total. The molecule has 1 aliphatic rings. The molecule has 3 heteroatoms. The van der Waals surface area contributed by atoms with Crippen molar-refractivity contribution in [2.24, 2.45) is 5.92 Å². The minimum Gasteiger partial charge on any atom is -0.243 e. The lowest BCUT2D eigenvalue weighted by Crippen LogP contribution is -2.34. The van der Waals surface area contributed by atoms with Gasteiger partial charge in [0.1, 0.15) is 0 Å². The van der Waals surface area contributed by atoms with Crippen molar-refractivity contribution in [3.05, 3.63) is 12.7 Å². The molecule has 1 saturated heterocycles. The van der Waals surface area contributed by atoms with Crippen LogP contribution in [0.25, 0.3) is 0 Å². The van der Waals surface area contributed by atoms with Crippen molar-refractivity contribution >= 4 is 11.0 Å². The van der Waals surface area contributed by atoms with Crippen LogP contribution >= 0.6 is 0 Å². The molecule has 0 bridgehead atoms. The van der Waals surface area contributed by atoms with Crippen LogP contribution < -0.4 is 0 Å². The van der Waals surface area contributed by atoms with Crippen LogP contribution in [0.5, 0.6) is 0 Å². The molecule has 0 saturated carbocycles. The summed E-state index contributed by atoms with van der Waals surface area (Å²) in [6.07, 6.45) is 7.21. The zero-order valence-corrected chi connectivity index (χ0v) is 8.48. The summed E-state index contributed by atoms with van der Waals surface area (Å²) in [4.78, 5) is 0. The maximum absolute atomic E-state index is 11.1. The fourth-order valence-corrected chi connectivity index (χ4v) is 2.36. The molecule has 0 amide bonds. The summed E-state index contributed by atoms with van der Waals surface area (Å²) >= 11 is 0. The van der Waals surface area contributed by atoms with Gasteiger partial charge in [-0.2, -0.15) is 0 Å². The lowest BCUT2D eigenvalue weighted by molar-refractivity contribution is 0.286. The molecule has 1 fully saturated rings. The first-order valence-electron chi connectivity index (χ1n) is 4.43. The minimum atomic E-state index is -0.763. The van der Waals surface area contributed by atoms with Crippen LogP contribution in [0.4, 0.5) is 0 Å². The highest BCUT2D eigenvalue weighted by Gasteiger charge is 2.19. The first-order chi connectivity index (χ1) is 5.74. The third kappa shape index (κ3) is 2.72. The van der Waals surface area contributed by atoms with Gasteiger partial charge < -0.3 is 0 Å². The van der Waals surface area contributed by atoms with Crippen molar-refractivity contribution in [1.82, 2.24) is 4.31 Å². The van der Waals surface area contributed by atoms with Gasteiger partial charge in [0.2, 0.25) is 0 Å². The number of nitrogens with zero attached hydrogens (tertiary/aromatic N) is 1. The van der Waals surface area contributed by atoms with Gasteiger partial charge >= 0.3 is 0 Å². The van der Waals surface area contributed by atoms with E-state index in [9.17, 15) is 4.21 Å². The van der Waals surface area contributed by atoms with Gasteiger partial charge in [-0.15, -0.1) is 6.58 Å². The quantitative estimate of drug-likeness (QED) is 0.614. The van der Waals surface area contributed by atoms with Crippen LogP contribution in [0.2, 0.25) is 0 Å². The van der Waals surface area contributed by atoms with Gasteiger partial charge in [0.25, 0.3) is 0 Å². The molecule has 1 aliphatic heterocycles. The highest BCUT2D eigenvalue weighted by atomic mass is 32.2. The Morgan fingerprint density at radius 3 is 2.58 bits per heavy atom. The second kappa shape index (κ2) is 4.77. The molecule has 0 spiro atoms. The second-order valence-electron chi connectivity index (χ2n) is 3.32. The molecule has 70 valence electrons. The van der Waals surface area contributed by atoms with Crippen molar-refractivity contribution in [3.8, 4) is 0 Å². The van der Waals surface area contributed by atoms with E-state index in [0.29, 0.717) is 0 Å². The summed E-state index contributed by atoms with van der Waals surface area (Å²) in [5.74, 6) is 0.780. The molecule has 12 heavy (non-hydrogen) atoms. The van der Waals surface area contributed by atoms with E-state index < -0.39 is 11.0 Å². The topological polar surface area (TPSA) is 20.3 Å². The molecule has 1 heterocycles. The Kier molecular flexibility index (Phi) is 3.95. The normalized spacial score (nSPS) is 23.8. The molecule has 1 atom stereocenters. The number of hydrogen-bond donors (Lipinski definition) is 0. The predicted molar refractivity (Wildman–Crippen MR) is 53.2 cm³/mol. The van der Waals surface area contributed by atoms with Crippen LogP contribution in [0.15, 0.2) is 12.7 Å². The molecule has 1 unspecified atom stereocenters. The van der Waals surface area contributed by atoms with E-state index in [2.05, 4.69) is 6.58 Å². The van der Waals surface area contributed by atoms with Crippen molar-refractivity contribution < 1.29 is 4.21 Å². The summed E-state index contributed by atoms with van der Waals surface area (Å²) < 4.78 is 13.1. The third-order valence-corrected chi connectivity index (χ3v) is 3.53. The fourth-order valence-electron chi connectivity index (χ4n) is 1.64. The smallest absolute Gasteiger partial charge is 0.0910 e. The Labute approximate surface area is 77.2 Å². The van der Waals surface area contributed by atoms with Gasteiger partial charge in [0.05, 0.1) is 11.0 Å². The fraction of sp³-hybridized carbons (Fsp3) is 0.778. The number of piperidine rings is 1. The molecular weight excluding hydrogens is 170 g/mol. The van der Waals surface area contributed by atoms with E-state index >= 15 is 0 Å². The van der Waals surface area contributed by atoms with Crippen molar-refractivity contribution in [1.29, 1.82) is 0 Å². The van der Waals surface area contributed by atoms with Crippen LogP contribution in [-0.2, 0) is 11.0 Å². The molecule has 0 radical (unpaired) electrons. The molecular formula is C9H17NOS. The van der Waals surface area contributed by atoms with E-state index in [-0.39, 0.29) is 0 Å². The second-order valence-corrected chi connectivity index (χ2v) is 4.68. The van der Waals surface area contributed by atoms with Crippen molar-refractivity contribution in [2.75, 3.05) is 19.3 Å². The zero-order chi connectivity index (χ0) is 8.97. The van der Waals surface area contributed by atoms with E-state index in [1.54, 1.807) is 6.26 Å². The maximum Gasteiger partial charge on any atom is 0.0910 e. The molecule has 0 N–H and O–H groups in total. The maximum atomic E-state index is 11.1. The zero-order valence-electron chi connectivity index (χ0n) is 7.66. The van der Waals surface area contributed by atoms with Crippen LogP contribution in [0, 0.1) is 5.92 Å². The summed E-state index contributed by atoms with van der Waals surface area (Å²) in [5, 5.41) is 0. The molecule has 0 aromatic carbocycles. The monoisotopic (exact) mass is 187 g/mol. The van der Waals surface area contributed by atoms with Crippen LogP contribution in [-0.4, -0.2) is 27.9 Å². The SMILES string of the molecule is C=CCC1CCN(S(C)=O)CC1. The summed E-state index contributed by atoms with van der Waals surface area (Å²) in [5.41, 5.74) is 0. The summed E-state index contributed by atoms with van der Waals surface area (Å²) in [7, 11) is -0.763. The Bertz CT molecular complexity index is 173. The third-order valence-electron chi connectivity index (χ3n) is 2.44. The molecule has 1 rings (SSSR count). The van der Waals surface area contributed by atoms with Gasteiger partial charge in [-0.25, -0.2) is 8.51 Å².